The van der Waals surface area contributed by atoms with E-state index in [-0.39, 0.29) is 0 Å². The highest BCUT2D eigenvalue weighted by Crippen LogP contribution is 2.32. The van der Waals surface area contributed by atoms with E-state index in [1.165, 1.54) is 25.7 Å². The number of unbranched alkanes of at least 4 members (excludes halogenated alkanes) is 1. The van der Waals surface area contributed by atoms with E-state index in [1.54, 1.807) is 0 Å². The lowest BCUT2D eigenvalue weighted by molar-refractivity contribution is -0.148. The highest BCUT2D eigenvalue weighted by atomic mass is 16.5. The van der Waals surface area contributed by atoms with E-state index < -0.39 is 11.5 Å². The first-order chi connectivity index (χ1) is 8.73. The van der Waals surface area contributed by atoms with Crippen LogP contribution in [-0.2, 0) is 9.53 Å². The van der Waals surface area contributed by atoms with Gasteiger partial charge in [-0.25, -0.2) is 0 Å². The first kappa shape index (κ1) is 13.8. The van der Waals surface area contributed by atoms with Gasteiger partial charge in [0.1, 0.15) is 5.54 Å². The van der Waals surface area contributed by atoms with E-state index in [1.807, 2.05) is 0 Å². The molecule has 0 spiro atoms. The van der Waals surface area contributed by atoms with Crippen molar-refractivity contribution in [3.05, 3.63) is 0 Å². The standard InChI is InChI=1S/C14H25NO3/c16-13(17)14(7-3-8-14)15-9-2-1-4-12-5-10-18-11-6-12/h12,15H,1-11H2,(H,16,17). The van der Waals surface area contributed by atoms with Crippen LogP contribution in [-0.4, -0.2) is 36.4 Å². The van der Waals surface area contributed by atoms with Crippen molar-refractivity contribution in [2.24, 2.45) is 5.92 Å². The van der Waals surface area contributed by atoms with Gasteiger partial charge in [-0.1, -0.05) is 12.8 Å². The molecule has 18 heavy (non-hydrogen) atoms. The van der Waals surface area contributed by atoms with Gasteiger partial charge in [0, 0.05) is 13.2 Å². The van der Waals surface area contributed by atoms with Crippen molar-refractivity contribution in [1.29, 1.82) is 0 Å². The molecule has 1 saturated heterocycles. The minimum atomic E-state index is -0.668. The molecule has 2 rings (SSSR count). The third-order valence-corrected chi connectivity index (χ3v) is 4.46. The lowest BCUT2D eigenvalue weighted by Crippen LogP contribution is -2.57. The zero-order valence-electron chi connectivity index (χ0n) is 11.1. The number of nitrogens with one attached hydrogen (secondary N) is 1. The summed E-state index contributed by atoms with van der Waals surface area (Å²) in [4.78, 5) is 11.1. The predicted molar refractivity (Wildman–Crippen MR) is 69.6 cm³/mol. The van der Waals surface area contributed by atoms with Crippen molar-refractivity contribution in [1.82, 2.24) is 5.32 Å². The number of carboxylic acid groups (broad SMARTS) is 1. The fourth-order valence-corrected chi connectivity index (χ4v) is 2.92. The van der Waals surface area contributed by atoms with E-state index in [0.29, 0.717) is 0 Å². The lowest BCUT2D eigenvalue weighted by Gasteiger charge is -2.38. The van der Waals surface area contributed by atoms with Crippen molar-refractivity contribution in [2.45, 2.75) is 56.9 Å². The Morgan fingerprint density at radius 3 is 2.56 bits per heavy atom. The van der Waals surface area contributed by atoms with Crippen molar-refractivity contribution in [3.8, 4) is 0 Å². The van der Waals surface area contributed by atoms with E-state index >= 15 is 0 Å². The number of aliphatic carboxylic acids is 1. The zero-order chi connectivity index (χ0) is 12.8. The van der Waals surface area contributed by atoms with Gasteiger partial charge in [0.05, 0.1) is 0 Å². The number of carboxylic acids is 1. The average molecular weight is 255 g/mol. The first-order valence-corrected chi connectivity index (χ1v) is 7.29. The number of hydrogen-bond acceptors (Lipinski definition) is 3. The zero-order valence-corrected chi connectivity index (χ0v) is 11.1. The second-order valence-electron chi connectivity index (χ2n) is 5.72. The van der Waals surface area contributed by atoms with E-state index in [0.717, 1.165) is 51.4 Å². The smallest absolute Gasteiger partial charge is 0.323 e. The molecule has 0 atom stereocenters. The Morgan fingerprint density at radius 2 is 2.00 bits per heavy atom. The van der Waals surface area contributed by atoms with Crippen LogP contribution in [0.3, 0.4) is 0 Å². The van der Waals surface area contributed by atoms with Crippen molar-refractivity contribution >= 4 is 5.97 Å². The van der Waals surface area contributed by atoms with Gasteiger partial charge in [-0.2, -0.15) is 0 Å². The highest BCUT2D eigenvalue weighted by Gasteiger charge is 2.43. The van der Waals surface area contributed by atoms with E-state index in [9.17, 15) is 4.79 Å². The van der Waals surface area contributed by atoms with Gasteiger partial charge in [0.2, 0.25) is 0 Å². The molecular weight excluding hydrogens is 230 g/mol. The Labute approximate surface area is 109 Å². The van der Waals surface area contributed by atoms with Gasteiger partial charge in [0.15, 0.2) is 0 Å². The second-order valence-corrected chi connectivity index (χ2v) is 5.72. The van der Waals surface area contributed by atoms with Gasteiger partial charge in [-0.15, -0.1) is 0 Å². The molecule has 0 bridgehead atoms. The van der Waals surface area contributed by atoms with Crippen molar-refractivity contribution in [2.75, 3.05) is 19.8 Å². The largest absolute Gasteiger partial charge is 0.480 e. The summed E-state index contributed by atoms with van der Waals surface area (Å²) in [6.07, 6.45) is 8.59. The van der Waals surface area contributed by atoms with E-state index in [2.05, 4.69) is 5.32 Å². The third-order valence-electron chi connectivity index (χ3n) is 4.46. The molecule has 0 radical (unpaired) electrons. The predicted octanol–water partition coefficient (Wildman–Crippen LogP) is 2.18. The maximum absolute atomic E-state index is 11.1. The maximum Gasteiger partial charge on any atom is 0.323 e. The summed E-state index contributed by atoms with van der Waals surface area (Å²) in [5.41, 5.74) is -0.585. The molecule has 2 aliphatic rings. The van der Waals surface area contributed by atoms with Gasteiger partial charge >= 0.3 is 5.97 Å². The molecule has 1 heterocycles. The molecular formula is C14H25NO3. The lowest BCUT2D eigenvalue weighted by atomic mass is 9.76. The molecule has 4 heteroatoms. The summed E-state index contributed by atoms with van der Waals surface area (Å²) in [7, 11) is 0. The molecule has 0 unspecified atom stereocenters. The van der Waals surface area contributed by atoms with Gasteiger partial charge in [0.25, 0.3) is 0 Å². The minimum absolute atomic E-state index is 0.585. The van der Waals surface area contributed by atoms with Crippen LogP contribution in [0.15, 0.2) is 0 Å². The first-order valence-electron chi connectivity index (χ1n) is 7.29. The molecule has 2 N–H and O–H groups in total. The van der Waals surface area contributed by atoms with Crippen LogP contribution >= 0.6 is 0 Å². The molecule has 0 amide bonds. The van der Waals surface area contributed by atoms with Crippen LogP contribution in [0.1, 0.15) is 51.4 Å². The van der Waals surface area contributed by atoms with Gasteiger partial charge < -0.3 is 15.2 Å². The Morgan fingerprint density at radius 1 is 1.28 bits per heavy atom. The van der Waals surface area contributed by atoms with Gasteiger partial charge in [-0.05, 0) is 51.0 Å². The summed E-state index contributed by atoms with van der Waals surface area (Å²) < 4.78 is 5.34. The van der Waals surface area contributed by atoms with Crippen molar-refractivity contribution in [3.63, 3.8) is 0 Å². The summed E-state index contributed by atoms with van der Waals surface area (Å²) in [6, 6.07) is 0. The monoisotopic (exact) mass is 255 g/mol. The molecule has 1 aliphatic heterocycles. The normalized spacial score (nSPS) is 23.6. The minimum Gasteiger partial charge on any atom is -0.480 e. The van der Waals surface area contributed by atoms with Crippen LogP contribution in [0, 0.1) is 5.92 Å². The molecule has 2 fully saturated rings. The molecule has 0 aromatic rings. The fraction of sp³-hybridized carbons (Fsp3) is 0.929. The van der Waals surface area contributed by atoms with Gasteiger partial charge in [-0.3, -0.25) is 4.79 Å². The summed E-state index contributed by atoms with van der Waals surface area (Å²) in [5, 5.41) is 12.4. The second kappa shape index (κ2) is 6.53. The van der Waals surface area contributed by atoms with Crippen LogP contribution in [0.4, 0.5) is 0 Å². The molecule has 1 aliphatic carbocycles. The number of carbonyl (C=O) groups is 1. The van der Waals surface area contributed by atoms with Crippen LogP contribution < -0.4 is 5.32 Å². The quantitative estimate of drug-likeness (QED) is 0.685. The molecule has 0 aromatic carbocycles. The Hall–Kier alpha value is -0.610. The highest BCUT2D eigenvalue weighted by molar-refractivity contribution is 5.79. The van der Waals surface area contributed by atoms with Crippen molar-refractivity contribution < 1.29 is 14.6 Å². The Balaban J connectivity index is 1.54. The topological polar surface area (TPSA) is 58.6 Å². The Kier molecular flexibility index (Phi) is 5.01. The maximum atomic E-state index is 11.1. The molecule has 1 saturated carbocycles. The summed E-state index contributed by atoms with van der Waals surface area (Å²) >= 11 is 0. The molecule has 0 aromatic heterocycles. The number of hydrogen-bond donors (Lipinski definition) is 2. The molecule has 104 valence electrons. The van der Waals surface area contributed by atoms with Crippen LogP contribution in [0.2, 0.25) is 0 Å². The van der Waals surface area contributed by atoms with Crippen LogP contribution in [0.25, 0.3) is 0 Å². The summed E-state index contributed by atoms with van der Waals surface area (Å²) in [5.74, 6) is 0.161. The van der Waals surface area contributed by atoms with Crippen LogP contribution in [0.5, 0.6) is 0 Å². The Bertz CT molecular complexity index is 270. The number of ether oxygens (including phenoxy) is 1. The third kappa shape index (κ3) is 3.45. The molecule has 4 nitrogen and oxygen atoms in total. The summed E-state index contributed by atoms with van der Waals surface area (Å²) in [6.45, 7) is 2.69. The number of rotatable bonds is 7. The SMILES string of the molecule is O=C(O)C1(NCCCCC2CCOCC2)CCC1. The van der Waals surface area contributed by atoms with E-state index in [4.69, 9.17) is 9.84 Å². The average Bonchev–Trinajstić information content (AvgIpc) is 2.32. The fourth-order valence-electron chi connectivity index (χ4n) is 2.92.